The molecule has 3 aromatic heterocycles. The van der Waals surface area contributed by atoms with E-state index in [4.69, 9.17) is 10.7 Å². The molecule has 0 saturated heterocycles. The number of aromatic amines is 2. The van der Waals surface area contributed by atoms with Gasteiger partial charge in [0, 0.05) is 40.6 Å². The number of nitrogens with zero attached hydrogens (tertiary/aromatic N) is 4. The third-order valence-corrected chi connectivity index (χ3v) is 7.49. The Balaban J connectivity index is 1.29. The van der Waals surface area contributed by atoms with Crippen molar-refractivity contribution in [3.8, 4) is 22.5 Å². The standard InChI is InChI=1S/C29H27N7/c1-16-22(27-23-13-25(24-14-31-35-17(24)2)32-28(23)34-29(30)33-27)4-3-5-26(16)36-11-10-20-12-19(18-6-7-18)8-9-21(20)15-36/h3-5,8-14,18H,6-7,15H2,1-2H3,(H,31,35)(H3,30,32,33,34). The first-order valence-electron chi connectivity index (χ1n) is 12.4. The normalized spacial score (nSPS) is 15.0. The topological polar surface area (TPSA) is 99.5 Å². The van der Waals surface area contributed by atoms with Crippen molar-refractivity contribution in [2.75, 3.05) is 10.6 Å². The zero-order valence-electron chi connectivity index (χ0n) is 20.3. The number of anilines is 2. The number of aryl methyl sites for hydroxylation is 1. The monoisotopic (exact) mass is 473 g/mol. The van der Waals surface area contributed by atoms with Crippen LogP contribution in [0.4, 0.5) is 11.6 Å². The lowest BCUT2D eigenvalue weighted by Crippen LogP contribution is -2.20. The van der Waals surface area contributed by atoms with Crippen LogP contribution in [0.15, 0.2) is 54.9 Å². The summed E-state index contributed by atoms with van der Waals surface area (Å²) in [6.07, 6.45) is 8.91. The van der Waals surface area contributed by atoms with Gasteiger partial charge in [0.05, 0.1) is 17.6 Å². The number of hydrogen-bond donors (Lipinski definition) is 3. The minimum absolute atomic E-state index is 0.248. The van der Waals surface area contributed by atoms with E-state index in [0.717, 1.165) is 63.0 Å². The highest BCUT2D eigenvalue weighted by molar-refractivity contribution is 5.96. The maximum Gasteiger partial charge on any atom is 0.222 e. The minimum Gasteiger partial charge on any atom is -0.368 e. The molecule has 0 unspecified atom stereocenters. The summed E-state index contributed by atoms with van der Waals surface area (Å²) in [5.41, 5.74) is 18.2. The van der Waals surface area contributed by atoms with Gasteiger partial charge in [0.25, 0.3) is 0 Å². The summed E-state index contributed by atoms with van der Waals surface area (Å²) in [5.74, 6) is 1.02. The molecule has 0 atom stereocenters. The van der Waals surface area contributed by atoms with Crippen molar-refractivity contribution in [3.05, 3.63) is 82.8 Å². The van der Waals surface area contributed by atoms with Crippen LogP contribution in [0.2, 0.25) is 0 Å². The van der Waals surface area contributed by atoms with Crippen LogP contribution in [0.5, 0.6) is 0 Å². The fourth-order valence-electron chi connectivity index (χ4n) is 5.35. The molecule has 4 N–H and O–H groups in total. The molecular weight excluding hydrogens is 446 g/mol. The highest BCUT2D eigenvalue weighted by atomic mass is 15.1. The van der Waals surface area contributed by atoms with E-state index in [1.54, 1.807) is 0 Å². The lowest BCUT2D eigenvalue weighted by molar-refractivity contribution is 0.944. The van der Waals surface area contributed by atoms with Gasteiger partial charge in [-0.2, -0.15) is 10.1 Å². The van der Waals surface area contributed by atoms with Crippen LogP contribution in [0.25, 0.3) is 39.6 Å². The summed E-state index contributed by atoms with van der Waals surface area (Å²) in [5, 5.41) is 8.09. The molecule has 4 heterocycles. The maximum absolute atomic E-state index is 6.16. The van der Waals surface area contributed by atoms with Gasteiger partial charge in [0.15, 0.2) is 0 Å². The Morgan fingerprint density at radius 3 is 2.72 bits per heavy atom. The van der Waals surface area contributed by atoms with Crippen LogP contribution >= 0.6 is 0 Å². The van der Waals surface area contributed by atoms with Gasteiger partial charge >= 0.3 is 0 Å². The maximum atomic E-state index is 6.16. The quantitative estimate of drug-likeness (QED) is 0.294. The lowest BCUT2D eigenvalue weighted by atomic mass is 9.97. The summed E-state index contributed by atoms with van der Waals surface area (Å²) in [6, 6.07) is 15.4. The minimum atomic E-state index is 0.248. The highest BCUT2D eigenvalue weighted by Gasteiger charge is 2.25. The van der Waals surface area contributed by atoms with Gasteiger partial charge in [0.1, 0.15) is 5.65 Å². The molecule has 1 saturated carbocycles. The van der Waals surface area contributed by atoms with Crippen molar-refractivity contribution in [1.82, 2.24) is 25.1 Å². The Kier molecular flexibility index (Phi) is 4.54. The molecule has 2 aromatic carbocycles. The van der Waals surface area contributed by atoms with E-state index >= 15 is 0 Å². The molecule has 2 aliphatic rings. The fourth-order valence-corrected chi connectivity index (χ4v) is 5.35. The first-order valence-corrected chi connectivity index (χ1v) is 12.4. The zero-order valence-corrected chi connectivity index (χ0v) is 20.3. The Bertz CT molecular complexity index is 1670. The third kappa shape index (κ3) is 3.39. The van der Waals surface area contributed by atoms with Crippen LogP contribution in [0.3, 0.4) is 0 Å². The first kappa shape index (κ1) is 20.9. The summed E-state index contributed by atoms with van der Waals surface area (Å²) < 4.78 is 0. The van der Waals surface area contributed by atoms with Crippen LogP contribution in [0.1, 0.15) is 46.7 Å². The molecule has 5 aromatic rings. The number of benzene rings is 2. The Morgan fingerprint density at radius 1 is 1.03 bits per heavy atom. The summed E-state index contributed by atoms with van der Waals surface area (Å²) >= 11 is 0. The number of hydrogen-bond acceptors (Lipinski definition) is 5. The summed E-state index contributed by atoms with van der Waals surface area (Å²) in [4.78, 5) is 14.9. The van der Waals surface area contributed by atoms with E-state index in [2.05, 4.69) is 86.7 Å². The van der Waals surface area contributed by atoms with E-state index in [-0.39, 0.29) is 5.95 Å². The van der Waals surface area contributed by atoms with E-state index in [0.29, 0.717) is 0 Å². The molecule has 7 rings (SSSR count). The molecule has 7 nitrogen and oxygen atoms in total. The molecule has 0 bridgehead atoms. The van der Waals surface area contributed by atoms with Crippen molar-refractivity contribution in [3.63, 3.8) is 0 Å². The Labute approximate surface area is 209 Å². The average molecular weight is 474 g/mol. The van der Waals surface area contributed by atoms with Gasteiger partial charge in [0.2, 0.25) is 5.95 Å². The Hall–Kier alpha value is -4.39. The first-order chi connectivity index (χ1) is 17.5. The molecule has 7 heteroatoms. The third-order valence-electron chi connectivity index (χ3n) is 7.49. The number of nitrogen functional groups attached to an aromatic ring is 1. The molecule has 1 aliphatic heterocycles. The molecule has 0 radical (unpaired) electrons. The van der Waals surface area contributed by atoms with Gasteiger partial charge in [-0.05, 0) is 73.1 Å². The largest absolute Gasteiger partial charge is 0.368 e. The van der Waals surface area contributed by atoms with E-state index in [1.807, 2.05) is 13.1 Å². The van der Waals surface area contributed by atoms with Crippen molar-refractivity contribution in [2.45, 2.75) is 39.2 Å². The van der Waals surface area contributed by atoms with Gasteiger partial charge < -0.3 is 15.6 Å². The number of fused-ring (bicyclic) bond motifs is 2. The number of rotatable bonds is 4. The van der Waals surface area contributed by atoms with E-state index in [9.17, 15) is 0 Å². The number of H-pyrrole nitrogens is 2. The van der Waals surface area contributed by atoms with Gasteiger partial charge in [-0.15, -0.1) is 0 Å². The van der Waals surface area contributed by atoms with E-state index in [1.165, 1.54) is 29.5 Å². The molecule has 178 valence electrons. The molecule has 36 heavy (non-hydrogen) atoms. The summed E-state index contributed by atoms with van der Waals surface area (Å²) in [6.45, 7) is 5.00. The highest BCUT2D eigenvalue weighted by Crippen LogP contribution is 2.42. The SMILES string of the molecule is Cc1[nH]ncc1-c1cc2c(-c3cccc(N4C=Cc5cc(C6CC6)ccc5C4)c3C)nc(N)nc2[nH]1. The van der Waals surface area contributed by atoms with Gasteiger partial charge in [-0.3, -0.25) is 5.10 Å². The zero-order chi connectivity index (χ0) is 24.4. The average Bonchev–Trinajstić information content (AvgIpc) is 3.51. The fraction of sp³-hybridized carbons (Fsp3) is 0.207. The van der Waals surface area contributed by atoms with Crippen LogP contribution in [-0.2, 0) is 6.54 Å². The van der Waals surface area contributed by atoms with Crippen LogP contribution < -0.4 is 10.6 Å². The van der Waals surface area contributed by atoms with Crippen molar-refractivity contribution >= 4 is 28.7 Å². The summed E-state index contributed by atoms with van der Waals surface area (Å²) in [7, 11) is 0. The van der Waals surface area contributed by atoms with Crippen LogP contribution in [-0.4, -0.2) is 25.1 Å². The molecule has 1 aliphatic carbocycles. The predicted octanol–water partition coefficient (Wildman–Crippen LogP) is 6.08. The van der Waals surface area contributed by atoms with Gasteiger partial charge in [-0.1, -0.05) is 30.3 Å². The van der Waals surface area contributed by atoms with E-state index < -0.39 is 0 Å². The second-order valence-corrected chi connectivity index (χ2v) is 9.91. The predicted molar refractivity (Wildman–Crippen MR) is 144 cm³/mol. The number of nitrogens with two attached hydrogens (primary N) is 1. The smallest absolute Gasteiger partial charge is 0.222 e. The molecule has 0 amide bonds. The lowest BCUT2D eigenvalue weighted by Gasteiger charge is -2.28. The van der Waals surface area contributed by atoms with Crippen molar-refractivity contribution < 1.29 is 0 Å². The van der Waals surface area contributed by atoms with Crippen molar-refractivity contribution in [2.24, 2.45) is 0 Å². The molecule has 1 fully saturated rings. The number of nitrogens with one attached hydrogen (secondary N) is 2. The molecular formula is C29H27N7. The number of aromatic nitrogens is 5. The second kappa shape index (κ2) is 7.81. The molecule has 0 spiro atoms. The van der Waals surface area contributed by atoms with Crippen molar-refractivity contribution in [1.29, 1.82) is 0 Å². The second-order valence-electron chi connectivity index (χ2n) is 9.91. The van der Waals surface area contributed by atoms with Crippen LogP contribution in [0, 0.1) is 13.8 Å². The Morgan fingerprint density at radius 2 is 1.92 bits per heavy atom. The van der Waals surface area contributed by atoms with Gasteiger partial charge in [-0.25, -0.2) is 4.98 Å².